The van der Waals surface area contributed by atoms with Crippen molar-refractivity contribution in [1.29, 1.82) is 0 Å². The second-order valence-corrected chi connectivity index (χ2v) is 20.7. The number of aliphatic hydroxyl groups is 4. The van der Waals surface area contributed by atoms with Gasteiger partial charge < -0.3 is 73.7 Å². The number of nitrogens with one attached hydrogen (secondary N) is 2. The van der Waals surface area contributed by atoms with E-state index < -0.39 is 95.1 Å². The van der Waals surface area contributed by atoms with Crippen LogP contribution in [0.2, 0.25) is 0 Å². The smallest absolute Gasteiger partial charge is 0.256 e. The van der Waals surface area contributed by atoms with Crippen molar-refractivity contribution in [3.8, 4) is 0 Å². The number of carbonyl (C=O) groups excluding carboxylic acids is 3. The van der Waals surface area contributed by atoms with Crippen LogP contribution in [-0.2, 0) is 57.0 Å². The summed E-state index contributed by atoms with van der Waals surface area (Å²) in [6.07, 6.45) is -6.37. The van der Waals surface area contributed by atoms with E-state index in [1.807, 2.05) is 48.5 Å². The normalized spacial score (nSPS) is 35.8. The predicted molar refractivity (Wildman–Crippen MR) is 249 cm³/mol. The van der Waals surface area contributed by atoms with E-state index in [4.69, 9.17) is 42.6 Å². The number of ether oxygens (including phenoxy) is 9. The Balaban J connectivity index is 0.000000355. The van der Waals surface area contributed by atoms with Crippen LogP contribution in [-0.4, -0.2) is 178 Å². The second kappa shape index (κ2) is 24.6. The molecule has 0 bridgehead atoms. The van der Waals surface area contributed by atoms with Gasteiger partial charge in [-0.25, -0.2) is 0 Å². The number of hydrogen-bond donors (Lipinski definition) is 6. The number of hydrogen-bond acceptors (Lipinski definition) is 16. The van der Waals surface area contributed by atoms with Gasteiger partial charge in [0.1, 0.15) is 17.5 Å². The number of Topliss-reactive ketones (excluding diaryl/α,β-unsaturated/α-hetero) is 1. The van der Waals surface area contributed by atoms with Gasteiger partial charge in [-0.2, -0.15) is 0 Å². The van der Waals surface area contributed by atoms with Crippen molar-refractivity contribution in [1.82, 2.24) is 10.6 Å². The number of rotatable bonds is 19. The lowest BCUT2D eigenvalue weighted by Crippen LogP contribution is -2.62. The van der Waals surface area contributed by atoms with Gasteiger partial charge in [-0.15, -0.1) is 0 Å². The standard InChI is InChI=1S/C25H43NO7.C24H43NO9/c1-14-12-25(7,33-17(4)15(14)2)22(28)23(29)26-16(3)19-11-20(27)24(5,6)21(32-19)10-18(31-9)13-30-8;1-13-11-24(29,34-15(3)14(13)2)20(27)21(28)25-22(32-8)17-10-18(26)23(4,5)19(33-17)9-16(31-7)12-30-6/h15-19,21-22,28H,1,10-13H2,2-9H3,(H,26,29);14-20,22,26-27,29H,1,9-12H2,2-8H3,(H,25,28)/t15-,16+,17-,18+,19+,21-,22-,25-;14-,15-,16+,17+,18-,19-,20-,22+,24-/m11/s1. The first-order valence-corrected chi connectivity index (χ1v) is 23.6. The summed E-state index contributed by atoms with van der Waals surface area (Å²) in [6, 6.07) is -0.482. The van der Waals surface area contributed by atoms with E-state index in [0.29, 0.717) is 38.0 Å². The molecule has 0 aromatic rings. The summed E-state index contributed by atoms with van der Waals surface area (Å²) in [4.78, 5) is 38.8. The molecule has 0 aromatic carbocycles. The lowest BCUT2D eigenvalue weighted by Gasteiger charge is -2.48. The number of amides is 2. The van der Waals surface area contributed by atoms with E-state index in [0.717, 1.165) is 5.57 Å². The van der Waals surface area contributed by atoms with Crippen LogP contribution < -0.4 is 10.6 Å². The molecule has 4 fully saturated rings. The highest BCUT2D eigenvalue weighted by molar-refractivity contribution is 5.86. The lowest BCUT2D eigenvalue weighted by atomic mass is 9.74. The van der Waals surface area contributed by atoms with Crippen molar-refractivity contribution in [3.63, 3.8) is 0 Å². The summed E-state index contributed by atoms with van der Waals surface area (Å²) in [7, 11) is 7.76. The molecular formula is C49H86N2O16. The Labute approximate surface area is 399 Å². The third-order valence-corrected chi connectivity index (χ3v) is 15.0. The maximum Gasteiger partial charge on any atom is 0.256 e. The van der Waals surface area contributed by atoms with Crippen LogP contribution in [0.25, 0.3) is 0 Å². The third kappa shape index (κ3) is 14.4. The fourth-order valence-corrected chi connectivity index (χ4v) is 9.27. The topological polar surface area (TPSA) is 239 Å². The Morgan fingerprint density at radius 2 is 1.24 bits per heavy atom. The van der Waals surface area contributed by atoms with E-state index in [2.05, 4.69) is 23.8 Å². The molecule has 4 saturated heterocycles. The molecule has 18 heteroatoms. The van der Waals surface area contributed by atoms with Crippen LogP contribution in [0.15, 0.2) is 24.3 Å². The van der Waals surface area contributed by atoms with Crippen molar-refractivity contribution < 1.29 is 77.4 Å². The van der Waals surface area contributed by atoms with Crippen LogP contribution in [0.3, 0.4) is 0 Å². The Hall–Kier alpha value is -2.43. The largest absolute Gasteiger partial charge is 0.392 e. The highest BCUT2D eigenvalue weighted by atomic mass is 16.6. The van der Waals surface area contributed by atoms with Gasteiger partial charge >= 0.3 is 0 Å². The van der Waals surface area contributed by atoms with E-state index in [9.17, 15) is 34.8 Å². The molecule has 4 aliphatic heterocycles. The van der Waals surface area contributed by atoms with Crippen molar-refractivity contribution >= 4 is 17.6 Å². The minimum Gasteiger partial charge on any atom is -0.392 e. The van der Waals surface area contributed by atoms with Crippen LogP contribution in [0.5, 0.6) is 0 Å². The zero-order valence-electron chi connectivity index (χ0n) is 42.9. The molecule has 17 atom stereocenters. The molecule has 4 aliphatic rings. The molecule has 388 valence electrons. The SMILES string of the molecule is C=C1C[C@](C)([C@H](O)C(=O)N[C@@H](C)[C@@H]2CC(=O)C(C)(C)[C@@H](C[C@@H](COC)OC)O2)O[C@H](C)[C@@H]1C.C=C1C[C@](O)([C@H](O)C(=O)N[C@@H](OC)[C@@H]2C[C@@H](O)C(C)(C)[C@@H](C[C@@H](COC)OC)O2)O[C@H](C)[C@@H]1C. The maximum atomic E-state index is 12.9. The summed E-state index contributed by atoms with van der Waals surface area (Å²) in [5, 5.41) is 48.7. The van der Waals surface area contributed by atoms with Gasteiger partial charge in [0.15, 0.2) is 18.4 Å². The maximum absolute atomic E-state index is 12.9. The first-order valence-electron chi connectivity index (χ1n) is 23.6. The number of methoxy groups -OCH3 is 5. The average molecular weight is 959 g/mol. The van der Waals surface area contributed by atoms with Crippen LogP contribution >= 0.6 is 0 Å². The molecule has 6 N–H and O–H groups in total. The zero-order valence-corrected chi connectivity index (χ0v) is 42.9. The third-order valence-electron chi connectivity index (χ3n) is 15.0. The molecule has 4 rings (SSSR count). The van der Waals surface area contributed by atoms with Crippen LogP contribution in [0.1, 0.15) is 108 Å². The molecule has 0 aliphatic carbocycles. The fraction of sp³-hybridized carbons (Fsp3) is 0.857. The Kier molecular flexibility index (Phi) is 21.6. The molecule has 0 radical (unpaired) electrons. The molecular weight excluding hydrogens is 873 g/mol. The quantitative estimate of drug-likeness (QED) is 0.0806. The van der Waals surface area contributed by atoms with Crippen LogP contribution in [0, 0.1) is 22.7 Å². The van der Waals surface area contributed by atoms with Gasteiger partial charge in [-0.3, -0.25) is 14.4 Å². The number of aliphatic hydroxyl groups excluding tert-OH is 3. The van der Waals surface area contributed by atoms with Crippen LogP contribution in [0.4, 0.5) is 0 Å². The van der Waals surface area contributed by atoms with E-state index in [1.54, 1.807) is 49.2 Å². The predicted octanol–water partition coefficient (Wildman–Crippen LogP) is 3.14. The monoisotopic (exact) mass is 959 g/mol. The van der Waals surface area contributed by atoms with Gasteiger partial charge in [-0.1, -0.05) is 65.8 Å². The average Bonchev–Trinajstić information content (AvgIpc) is 3.25. The number of ketones is 1. The summed E-state index contributed by atoms with van der Waals surface area (Å²) in [5.41, 5.74) is -0.691. The Morgan fingerprint density at radius 1 is 0.746 bits per heavy atom. The van der Waals surface area contributed by atoms with E-state index in [-0.39, 0.29) is 55.2 Å². The summed E-state index contributed by atoms with van der Waals surface area (Å²) in [5.74, 6) is -3.32. The summed E-state index contributed by atoms with van der Waals surface area (Å²) in [6.45, 7) is 27.5. The Morgan fingerprint density at radius 3 is 1.73 bits per heavy atom. The van der Waals surface area contributed by atoms with Gasteiger partial charge in [0.25, 0.3) is 11.8 Å². The van der Waals surface area contributed by atoms with Gasteiger partial charge in [0.05, 0.1) is 68.1 Å². The van der Waals surface area contributed by atoms with Crippen molar-refractivity contribution in [2.75, 3.05) is 48.8 Å². The Bertz CT molecular complexity index is 1660. The summed E-state index contributed by atoms with van der Waals surface area (Å²) < 4.78 is 51.0. The first kappa shape index (κ1) is 58.9. The zero-order chi connectivity index (χ0) is 51.0. The minimum atomic E-state index is -2.10. The molecule has 4 heterocycles. The molecule has 0 unspecified atom stereocenters. The van der Waals surface area contributed by atoms with Gasteiger partial charge in [0.2, 0.25) is 5.79 Å². The van der Waals surface area contributed by atoms with E-state index >= 15 is 0 Å². The second-order valence-electron chi connectivity index (χ2n) is 20.7. The fourth-order valence-electron chi connectivity index (χ4n) is 9.27. The lowest BCUT2D eigenvalue weighted by molar-refractivity contribution is -0.285. The molecule has 0 spiro atoms. The molecule has 0 saturated carbocycles. The molecule has 0 aromatic heterocycles. The van der Waals surface area contributed by atoms with Crippen molar-refractivity contribution in [2.24, 2.45) is 22.7 Å². The van der Waals surface area contributed by atoms with Crippen molar-refractivity contribution in [3.05, 3.63) is 24.3 Å². The minimum absolute atomic E-state index is 0.0197. The highest BCUT2D eigenvalue weighted by Gasteiger charge is 2.52. The summed E-state index contributed by atoms with van der Waals surface area (Å²) >= 11 is 0. The van der Waals surface area contributed by atoms with Gasteiger partial charge in [0, 0.05) is 96.7 Å². The highest BCUT2D eigenvalue weighted by Crippen LogP contribution is 2.42. The van der Waals surface area contributed by atoms with E-state index in [1.165, 1.54) is 7.11 Å². The first-order chi connectivity index (χ1) is 31.1. The molecule has 18 nitrogen and oxygen atoms in total. The number of carbonyl (C=O) groups is 3. The molecule has 2 amide bonds. The molecule has 67 heavy (non-hydrogen) atoms. The van der Waals surface area contributed by atoms with Gasteiger partial charge in [-0.05, 0) is 27.7 Å². The van der Waals surface area contributed by atoms with Crippen molar-refractivity contribution in [2.45, 2.75) is 199 Å².